The van der Waals surface area contributed by atoms with Crippen LogP contribution in [0.4, 0.5) is 5.69 Å². The Morgan fingerprint density at radius 3 is 2.19 bits per heavy atom. The Balaban J connectivity index is 2.23. The number of halogens is 2. The van der Waals surface area contributed by atoms with Gasteiger partial charge in [-0.05, 0) is 68.3 Å². The normalized spacial score (nSPS) is 14.9. The van der Waals surface area contributed by atoms with E-state index in [9.17, 15) is 0 Å². The van der Waals surface area contributed by atoms with Gasteiger partial charge in [0.25, 0.3) is 0 Å². The van der Waals surface area contributed by atoms with E-state index in [-0.39, 0.29) is 5.57 Å². The summed E-state index contributed by atoms with van der Waals surface area (Å²) in [5.74, 6) is 0.629. The van der Waals surface area contributed by atoms with Crippen LogP contribution >= 0.6 is 31.9 Å². The Kier molecular flexibility index (Phi) is 5.85. The lowest BCUT2D eigenvalue weighted by molar-refractivity contribution is 0.443. The fourth-order valence-corrected chi connectivity index (χ4v) is 4.09. The van der Waals surface area contributed by atoms with E-state index in [0.717, 1.165) is 14.6 Å². The number of nitrogens with one attached hydrogen (secondary N) is 1. The van der Waals surface area contributed by atoms with Gasteiger partial charge >= 0.3 is 0 Å². The summed E-state index contributed by atoms with van der Waals surface area (Å²) in [6.07, 6.45) is 7.86. The van der Waals surface area contributed by atoms with E-state index >= 15 is 0 Å². The SMILES string of the molecule is N#CC(C#N)=CNc1c(Br)cc(C2CCCCC2)cc1Br. The molecule has 1 aliphatic rings. The third-order valence-corrected chi connectivity index (χ3v) is 4.99. The van der Waals surface area contributed by atoms with Crippen molar-refractivity contribution in [2.45, 2.75) is 38.0 Å². The molecule has 0 unspecified atom stereocenters. The topological polar surface area (TPSA) is 59.6 Å². The molecule has 5 heteroatoms. The number of nitrogens with zero attached hydrogens (tertiary/aromatic N) is 2. The number of anilines is 1. The van der Waals surface area contributed by atoms with Crippen LogP contribution in [-0.4, -0.2) is 0 Å². The molecule has 0 radical (unpaired) electrons. The van der Waals surface area contributed by atoms with Crippen molar-refractivity contribution in [3.05, 3.63) is 38.4 Å². The third-order valence-electron chi connectivity index (χ3n) is 3.74. The summed E-state index contributed by atoms with van der Waals surface area (Å²) in [6.45, 7) is 0. The molecule has 0 heterocycles. The predicted molar refractivity (Wildman–Crippen MR) is 90.6 cm³/mol. The molecule has 0 bridgehead atoms. The summed E-state index contributed by atoms with van der Waals surface area (Å²) in [6, 6.07) is 7.93. The highest BCUT2D eigenvalue weighted by Gasteiger charge is 2.17. The molecule has 1 aliphatic carbocycles. The molecule has 1 aromatic carbocycles. The summed E-state index contributed by atoms with van der Waals surface area (Å²) in [5, 5.41) is 20.5. The van der Waals surface area contributed by atoms with Crippen LogP contribution in [0, 0.1) is 22.7 Å². The summed E-state index contributed by atoms with van der Waals surface area (Å²) in [7, 11) is 0. The maximum Gasteiger partial charge on any atom is 0.145 e. The monoisotopic (exact) mass is 407 g/mol. The van der Waals surface area contributed by atoms with Gasteiger partial charge in [0.1, 0.15) is 17.7 Å². The maximum absolute atomic E-state index is 8.75. The highest BCUT2D eigenvalue weighted by Crippen LogP contribution is 2.39. The zero-order valence-electron chi connectivity index (χ0n) is 11.5. The fourth-order valence-electron chi connectivity index (χ4n) is 2.64. The predicted octanol–water partition coefficient (Wildman–Crippen LogP) is 5.60. The first kappa shape index (κ1) is 16.1. The molecule has 2 rings (SSSR count). The quantitative estimate of drug-likeness (QED) is 0.661. The molecule has 0 saturated heterocycles. The molecule has 0 atom stereocenters. The van der Waals surface area contributed by atoms with Crippen LogP contribution in [0.5, 0.6) is 0 Å². The van der Waals surface area contributed by atoms with Gasteiger partial charge in [0, 0.05) is 15.1 Å². The van der Waals surface area contributed by atoms with Crippen LogP contribution in [-0.2, 0) is 0 Å². The molecule has 3 nitrogen and oxygen atoms in total. The molecule has 0 aliphatic heterocycles. The van der Waals surface area contributed by atoms with Crippen LogP contribution in [0.2, 0.25) is 0 Å². The lowest BCUT2D eigenvalue weighted by atomic mass is 9.84. The lowest BCUT2D eigenvalue weighted by Crippen LogP contribution is -2.05. The van der Waals surface area contributed by atoms with Crippen molar-refractivity contribution in [2.75, 3.05) is 5.32 Å². The molecule has 21 heavy (non-hydrogen) atoms. The number of hydrogen-bond acceptors (Lipinski definition) is 3. The fraction of sp³-hybridized carbons (Fsp3) is 0.375. The standard InChI is InChI=1S/C16H15Br2N3/c17-14-6-13(12-4-2-1-3-5-12)7-15(18)16(14)21-10-11(8-19)9-20/h6-7,10,12,21H,1-5H2. The average molecular weight is 409 g/mol. The zero-order chi connectivity index (χ0) is 15.2. The van der Waals surface area contributed by atoms with Gasteiger partial charge in [-0.3, -0.25) is 0 Å². The summed E-state index contributed by atoms with van der Waals surface area (Å²) < 4.78 is 1.87. The second kappa shape index (κ2) is 7.64. The highest BCUT2D eigenvalue weighted by molar-refractivity contribution is 9.11. The van der Waals surface area contributed by atoms with Gasteiger partial charge in [-0.25, -0.2) is 0 Å². The van der Waals surface area contributed by atoms with Gasteiger partial charge in [0.2, 0.25) is 0 Å². The summed E-state index contributed by atoms with van der Waals surface area (Å²) in [4.78, 5) is 0. The molecular formula is C16H15Br2N3. The van der Waals surface area contributed by atoms with Gasteiger partial charge in [-0.1, -0.05) is 19.3 Å². The first-order chi connectivity index (χ1) is 10.2. The van der Waals surface area contributed by atoms with E-state index in [1.54, 1.807) is 0 Å². The number of benzene rings is 1. The molecule has 0 spiro atoms. The molecule has 108 valence electrons. The Hall–Kier alpha value is -1.30. The van der Waals surface area contributed by atoms with Crippen LogP contribution in [0.1, 0.15) is 43.6 Å². The Bertz CT molecular complexity index is 593. The van der Waals surface area contributed by atoms with Gasteiger partial charge in [-0.2, -0.15) is 10.5 Å². The van der Waals surface area contributed by atoms with Crippen LogP contribution in [0.25, 0.3) is 0 Å². The number of rotatable bonds is 3. The Morgan fingerprint density at radius 1 is 1.10 bits per heavy atom. The van der Waals surface area contributed by atoms with Crippen molar-refractivity contribution < 1.29 is 0 Å². The number of hydrogen-bond donors (Lipinski definition) is 1. The van der Waals surface area contributed by atoms with Gasteiger partial charge in [-0.15, -0.1) is 0 Å². The molecular weight excluding hydrogens is 394 g/mol. The summed E-state index contributed by atoms with van der Waals surface area (Å²) >= 11 is 7.14. The van der Waals surface area contributed by atoms with Crippen molar-refractivity contribution in [1.82, 2.24) is 0 Å². The molecule has 1 saturated carbocycles. The Morgan fingerprint density at radius 2 is 1.67 bits per heavy atom. The third kappa shape index (κ3) is 4.09. The van der Waals surface area contributed by atoms with Crippen LogP contribution < -0.4 is 5.32 Å². The first-order valence-corrected chi connectivity index (χ1v) is 8.50. The van der Waals surface area contributed by atoms with Crippen molar-refractivity contribution in [3.63, 3.8) is 0 Å². The van der Waals surface area contributed by atoms with Crippen molar-refractivity contribution in [3.8, 4) is 12.1 Å². The molecule has 1 N–H and O–H groups in total. The molecule has 1 aromatic rings. The minimum Gasteiger partial charge on any atom is -0.358 e. The maximum atomic E-state index is 8.75. The smallest absolute Gasteiger partial charge is 0.145 e. The van der Waals surface area contributed by atoms with E-state index in [1.165, 1.54) is 43.9 Å². The molecule has 0 aromatic heterocycles. The average Bonchev–Trinajstić information content (AvgIpc) is 2.51. The second-order valence-corrected chi connectivity index (χ2v) is 6.83. The van der Waals surface area contributed by atoms with Crippen molar-refractivity contribution in [2.24, 2.45) is 0 Å². The highest BCUT2D eigenvalue weighted by atomic mass is 79.9. The van der Waals surface area contributed by atoms with Gasteiger partial charge in [0.05, 0.1) is 5.69 Å². The van der Waals surface area contributed by atoms with Gasteiger partial charge in [0.15, 0.2) is 0 Å². The molecule has 0 amide bonds. The zero-order valence-corrected chi connectivity index (χ0v) is 14.7. The number of allylic oxidation sites excluding steroid dienone is 1. The number of nitriles is 2. The lowest BCUT2D eigenvalue weighted by Gasteiger charge is -2.23. The second-order valence-electron chi connectivity index (χ2n) is 5.12. The van der Waals surface area contributed by atoms with Gasteiger partial charge < -0.3 is 5.32 Å². The van der Waals surface area contributed by atoms with Crippen molar-refractivity contribution >= 4 is 37.5 Å². The van der Waals surface area contributed by atoms with E-state index in [1.807, 2.05) is 12.1 Å². The minimum absolute atomic E-state index is 0.0464. The first-order valence-electron chi connectivity index (χ1n) is 6.91. The van der Waals surface area contributed by atoms with E-state index in [0.29, 0.717) is 5.92 Å². The van der Waals surface area contributed by atoms with Crippen LogP contribution in [0.3, 0.4) is 0 Å². The minimum atomic E-state index is 0.0464. The summed E-state index contributed by atoms with van der Waals surface area (Å²) in [5.41, 5.74) is 2.21. The van der Waals surface area contributed by atoms with E-state index < -0.39 is 0 Å². The molecule has 1 fully saturated rings. The van der Waals surface area contributed by atoms with E-state index in [4.69, 9.17) is 10.5 Å². The van der Waals surface area contributed by atoms with E-state index in [2.05, 4.69) is 49.3 Å². The van der Waals surface area contributed by atoms with Crippen LogP contribution in [0.15, 0.2) is 32.9 Å². The largest absolute Gasteiger partial charge is 0.358 e. The van der Waals surface area contributed by atoms with Crippen molar-refractivity contribution in [1.29, 1.82) is 10.5 Å². The Labute approximate surface area is 141 Å².